The van der Waals surface area contributed by atoms with Crippen LogP contribution in [0.25, 0.3) is 0 Å². The highest BCUT2D eigenvalue weighted by Gasteiger charge is 2.85. The van der Waals surface area contributed by atoms with E-state index in [4.69, 9.17) is 9.47 Å². The molecule has 6 rings (SSSR count). The average molecular weight is 585 g/mol. The van der Waals surface area contributed by atoms with Crippen molar-refractivity contribution in [2.24, 2.45) is 51.8 Å². The molecule has 0 radical (unpaired) electrons. The van der Waals surface area contributed by atoms with E-state index in [9.17, 15) is 29.7 Å². The number of hydrogen-bond acceptors (Lipinski definition) is 8. The highest BCUT2D eigenvalue weighted by Crippen LogP contribution is 2.81. The fraction of sp³-hybridized carbons (Fsp3) is 0.794. The molecule has 5 saturated carbocycles. The summed E-state index contributed by atoms with van der Waals surface area (Å²) in [6.07, 6.45) is 5.55. The molecular weight excluding hydrogens is 536 g/mol. The summed E-state index contributed by atoms with van der Waals surface area (Å²) in [4.78, 5) is 38.4. The molecule has 7 unspecified atom stereocenters. The van der Waals surface area contributed by atoms with E-state index >= 15 is 0 Å². The van der Waals surface area contributed by atoms with Gasteiger partial charge in [0.05, 0.1) is 28.6 Å². The van der Waals surface area contributed by atoms with Crippen LogP contribution in [-0.2, 0) is 23.9 Å². The van der Waals surface area contributed by atoms with Gasteiger partial charge in [-0.15, -0.1) is 0 Å². The topological polar surface area (TPSA) is 130 Å². The highest BCUT2D eigenvalue weighted by molar-refractivity contribution is 5.73. The minimum atomic E-state index is -1.16. The molecule has 0 amide bonds. The molecular formula is C34H48O8. The largest absolute Gasteiger partial charge is 0.462 e. The van der Waals surface area contributed by atoms with Crippen molar-refractivity contribution in [1.82, 2.24) is 0 Å². The van der Waals surface area contributed by atoms with E-state index in [1.807, 2.05) is 6.92 Å². The van der Waals surface area contributed by atoms with Gasteiger partial charge in [-0.1, -0.05) is 23.8 Å². The average Bonchev–Trinajstić information content (AvgIpc) is 3.67. The third-order valence-corrected chi connectivity index (χ3v) is 13.1. The van der Waals surface area contributed by atoms with Crippen LogP contribution in [0.1, 0.15) is 86.0 Å². The Labute approximate surface area is 248 Å². The molecule has 1 spiro atoms. The Kier molecular flexibility index (Phi) is 6.96. The van der Waals surface area contributed by atoms with Gasteiger partial charge >= 0.3 is 11.9 Å². The molecule has 42 heavy (non-hydrogen) atoms. The van der Waals surface area contributed by atoms with Gasteiger partial charge in [-0.3, -0.25) is 9.59 Å². The molecule has 13 atom stereocenters. The Balaban J connectivity index is 1.48. The van der Waals surface area contributed by atoms with Gasteiger partial charge in [-0.2, -0.15) is 0 Å². The molecule has 3 N–H and O–H groups in total. The van der Waals surface area contributed by atoms with Gasteiger partial charge in [0.25, 0.3) is 0 Å². The second-order valence-corrected chi connectivity index (χ2v) is 15.2. The fourth-order valence-electron chi connectivity index (χ4n) is 11.7. The lowest BCUT2D eigenvalue weighted by molar-refractivity contribution is -0.197. The smallest absolute Gasteiger partial charge is 0.302 e. The van der Waals surface area contributed by atoms with Crippen LogP contribution in [0, 0.1) is 51.8 Å². The lowest BCUT2D eigenvalue weighted by atomic mass is 9.55. The summed E-state index contributed by atoms with van der Waals surface area (Å²) in [5.74, 6) is -1.62. The molecule has 6 aliphatic carbocycles. The third kappa shape index (κ3) is 3.67. The van der Waals surface area contributed by atoms with Crippen molar-refractivity contribution in [3.8, 4) is 0 Å². The minimum Gasteiger partial charge on any atom is -0.462 e. The Bertz CT molecular complexity index is 1220. The van der Waals surface area contributed by atoms with E-state index in [-0.39, 0.29) is 41.7 Å². The third-order valence-electron chi connectivity index (χ3n) is 13.1. The van der Waals surface area contributed by atoms with E-state index in [0.29, 0.717) is 25.7 Å². The molecule has 232 valence electrons. The first-order valence-electron chi connectivity index (χ1n) is 15.9. The molecule has 5 fully saturated rings. The molecule has 0 heterocycles. The number of ether oxygens (including phenoxy) is 2. The molecule has 8 heteroatoms. The molecule has 6 aliphatic rings. The molecule has 8 nitrogen and oxygen atoms in total. The van der Waals surface area contributed by atoms with Gasteiger partial charge in [0.2, 0.25) is 0 Å². The highest BCUT2D eigenvalue weighted by atomic mass is 16.6. The zero-order chi connectivity index (χ0) is 30.6. The van der Waals surface area contributed by atoms with Gasteiger partial charge in [0.1, 0.15) is 18.5 Å². The number of aliphatic hydroxyl groups is 3. The van der Waals surface area contributed by atoms with Crippen molar-refractivity contribution in [1.29, 1.82) is 0 Å². The predicted molar refractivity (Wildman–Crippen MR) is 154 cm³/mol. The zero-order valence-electron chi connectivity index (χ0n) is 25.7. The van der Waals surface area contributed by atoms with Crippen molar-refractivity contribution in [2.75, 3.05) is 0 Å². The first kappa shape index (κ1) is 30.0. The maximum Gasteiger partial charge on any atom is 0.302 e. The number of carbonyl (C=O) groups excluding carboxylic acids is 3. The van der Waals surface area contributed by atoms with E-state index in [1.54, 1.807) is 13.8 Å². The summed E-state index contributed by atoms with van der Waals surface area (Å²) in [6, 6.07) is 0. The van der Waals surface area contributed by atoms with Crippen LogP contribution in [0.3, 0.4) is 0 Å². The first-order chi connectivity index (χ1) is 19.7. The Morgan fingerprint density at radius 3 is 2.19 bits per heavy atom. The van der Waals surface area contributed by atoms with Crippen LogP contribution in [0.15, 0.2) is 23.8 Å². The molecule has 0 saturated heterocycles. The molecule has 0 aromatic heterocycles. The van der Waals surface area contributed by atoms with E-state index in [2.05, 4.69) is 12.7 Å². The fourth-order valence-corrected chi connectivity index (χ4v) is 11.7. The van der Waals surface area contributed by atoms with Crippen molar-refractivity contribution in [3.63, 3.8) is 0 Å². The number of aliphatic hydroxyl groups excluding tert-OH is 2. The molecule has 0 aliphatic heterocycles. The van der Waals surface area contributed by atoms with Crippen LogP contribution in [0.2, 0.25) is 0 Å². The normalized spacial score (nSPS) is 49.0. The Morgan fingerprint density at radius 1 is 0.952 bits per heavy atom. The number of rotatable bonds is 6. The number of hydrogen-bond donors (Lipinski definition) is 3. The van der Waals surface area contributed by atoms with Crippen molar-refractivity contribution in [3.05, 3.63) is 23.8 Å². The number of fused-ring (bicyclic) bond motifs is 2. The van der Waals surface area contributed by atoms with Gasteiger partial charge in [0.15, 0.2) is 0 Å². The second kappa shape index (κ2) is 9.73. The van der Waals surface area contributed by atoms with Gasteiger partial charge in [-0.25, -0.2) is 0 Å². The quantitative estimate of drug-likeness (QED) is 0.244. The van der Waals surface area contributed by atoms with E-state index in [1.165, 1.54) is 13.8 Å². The number of esters is 2. The van der Waals surface area contributed by atoms with Crippen LogP contribution < -0.4 is 0 Å². The first-order valence-corrected chi connectivity index (χ1v) is 15.9. The van der Waals surface area contributed by atoms with Gasteiger partial charge in [-0.05, 0) is 84.0 Å². The van der Waals surface area contributed by atoms with E-state index in [0.717, 1.165) is 43.1 Å². The van der Waals surface area contributed by atoms with Crippen molar-refractivity contribution < 1.29 is 39.2 Å². The van der Waals surface area contributed by atoms with Crippen molar-refractivity contribution >= 4 is 18.2 Å². The second-order valence-electron chi connectivity index (χ2n) is 15.2. The van der Waals surface area contributed by atoms with Crippen LogP contribution in [0.4, 0.5) is 0 Å². The standard InChI is InChI=1S/C34H48O8/c1-17(2)20-7-9-22(27(20)41-18(3)36)21-8-10-23-24(21)15-32(16-35)26-12-14-34(32,28(23)38)30(42-19(4)37)33(26)13-11-25(29(33)39)31(5,6)40/h15-16,20-23,25-30,38-40H,1,7-14H2,2-6H3/t20-,21?,22?,23?,25-,26+,27?,28?,29?,30?,32+,33-,34-/m0/s1. The summed E-state index contributed by atoms with van der Waals surface area (Å²) in [6.45, 7) is 12.3. The Hall–Kier alpha value is -2.03. The molecule has 2 bridgehead atoms. The van der Waals surface area contributed by atoms with Gasteiger partial charge < -0.3 is 29.6 Å². The maximum absolute atomic E-state index is 13.6. The van der Waals surface area contributed by atoms with Gasteiger partial charge in [0, 0.05) is 42.9 Å². The Morgan fingerprint density at radius 2 is 1.62 bits per heavy atom. The van der Waals surface area contributed by atoms with Crippen LogP contribution in [0.5, 0.6) is 0 Å². The van der Waals surface area contributed by atoms with E-state index < -0.39 is 52.0 Å². The summed E-state index contributed by atoms with van der Waals surface area (Å²) in [5, 5.41) is 35.5. The zero-order valence-corrected chi connectivity index (χ0v) is 25.7. The summed E-state index contributed by atoms with van der Waals surface area (Å²) in [5.41, 5.74) is -2.20. The summed E-state index contributed by atoms with van der Waals surface area (Å²) in [7, 11) is 0. The lowest BCUT2D eigenvalue weighted by Gasteiger charge is -2.52. The summed E-state index contributed by atoms with van der Waals surface area (Å²) >= 11 is 0. The number of carbonyl (C=O) groups is 3. The van der Waals surface area contributed by atoms with Crippen LogP contribution in [-0.4, -0.2) is 63.6 Å². The van der Waals surface area contributed by atoms with Crippen molar-refractivity contribution in [2.45, 2.75) is 116 Å². The lowest BCUT2D eigenvalue weighted by Crippen LogP contribution is -2.60. The monoisotopic (exact) mass is 584 g/mol. The predicted octanol–water partition coefficient (Wildman–Crippen LogP) is 3.90. The SMILES string of the molecule is C=C(C)[C@@H]1CCC(C2CCC3C2=C[C@@]2(C=O)[C@H]4CC[C@]2(C3O)C(OC(C)=O)[C@@]42CC[C@H](C(C)(C)O)C2O)C1OC(C)=O. The summed E-state index contributed by atoms with van der Waals surface area (Å²) < 4.78 is 12.1. The molecule has 0 aromatic rings. The number of aldehydes is 1. The van der Waals surface area contributed by atoms with Crippen LogP contribution >= 0.6 is 0 Å². The minimum absolute atomic E-state index is 0.0493. The number of allylic oxidation sites excluding steroid dienone is 1. The maximum atomic E-state index is 13.6. The molecule has 0 aromatic carbocycles.